The summed E-state index contributed by atoms with van der Waals surface area (Å²) in [6.45, 7) is 8.70. The molecule has 1 aliphatic rings. The quantitative estimate of drug-likeness (QED) is 0.623. The van der Waals surface area contributed by atoms with E-state index >= 15 is 0 Å². The van der Waals surface area contributed by atoms with Crippen molar-refractivity contribution < 1.29 is 4.74 Å². The number of hydrogen-bond donors (Lipinski definition) is 0. The molecule has 66 valence electrons. The predicted molar refractivity (Wildman–Crippen MR) is 54.1 cm³/mol. The minimum atomic E-state index is 0.365. The van der Waals surface area contributed by atoms with Crippen LogP contribution in [0.2, 0.25) is 0 Å². The molecule has 1 heterocycles. The zero-order valence-electron chi connectivity index (χ0n) is 7.53. The topological polar surface area (TPSA) is 9.23 Å². The normalized spacial score (nSPS) is 33.5. The molecule has 0 aromatic carbocycles. The standard InChI is InChI=1S/C8H16OS2/c1-5(2)9-8-6(3)10-11-7(8)4/h5-8H,1-4H3/t6-,7-/m1/s1. The summed E-state index contributed by atoms with van der Waals surface area (Å²) in [6.07, 6.45) is 0.814. The van der Waals surface area contributed by atoms with E-state index in [1.165, 1.54) is 0 Å². The number of hydrogen-bond acceptors (Lipinski definition) is 3. The molecule has 1 fully saturated rings. The third-order valence-electron chi connectivity index (χ3n) is 1.71. The van der Waals surface area contributed by atoms with Crippen LogP contribution in [0.4, 0.5) is 0 Å². The Kier molecular flexibility index (Phi) is 3.59. The average Bonchev–Trinajstić information content (AvgIpc) is 2.18. The van der Waals surface area contributed by atoms with Gasteiger partial charge in [0.2, 0.25) is 0 Å². The van der Waals surface area contributed by atoms with E-state index in [2.05, 4.69) is 27.7 Å². The van der Waals surface area contributed by atoms with Gasteiger partial charge in [0, 0.05) is 10.5 Å². The van der Waals surface area contributed by atoms with Crippen LogP contribution < -0.4 is 0 Å². The second-order valence-corrected chi connectivity index (χ2v) is 6.28. The molecule has 1 aliphatic heterocycles. The van der Waals surface area contributed by atoms with Gasteiger partial charge in [0.25, 0.3) is 0 Å². The lowest BCUT2D eigenvalue weighted by molar-refractivity contribution is 0.0123. The van der Waals surface area contributed by atoms with Crippen molar-refractivity contribution in [2.24, 2.45) is 0 Å². The molecule has 3 heteroatoms. The van der Waals surface area contributed by atoms with Gasteiger partial charge in [-0.25, -0.2) is 0 Å². The van der Waals surface area contributed by atoms with E-state index in [1.807, 2.05) is 21.6 Å². The average molecular weight is 192 g/mol. The Morgan fingerprint density at radius 3 is 1.91 bits per heavy atom. The molecule has 0 spiro atoms. The summed E-state index contributed by atoms with van der Waals surface area (Å²) < 4.78 is 5.79. The Bertz CT molecular complexity index is 117. The van der Waals surface area contributed by atoms with Gasteiger partial charge in [-0.05, 0) is 27.7 Å². The lowest BCUT2D eigenvalue weighted by Gasteiger charge is -2.21. The van der Waals surface area contributed by atoms with Crippen molar-refractivity contribution in [1.29, 1.82) is 0 Å². The van der Waals surface area contributed by atoms with E-state index in [9.17, 15) is 0 Å². The maximum atomic E-state index is 5.79. The molecular weight excluding hydrogens is 176 g/mol. The largest absolute Gasteiger partial charge is 0.373 e. The van der Waals surface area contributed by atoms with Crippen molar-refractivity contribution in [1.82, 2.24) is 0 Å². The minimum absolute atomic E-state index is 0.365. The monoisotopic (exact) mass is 192 g/mol. The molecule has 0 aromatic rings. The number of ether oxygens (including phenoxy) is 1. The molecule has 0 N–H and O–H groups in total. The highest BCUT2D eigenvalue weighted by Gasteiger charge is 2.33. The Balaban J connectivity index is 2.41. The third kappa shape index (κ3) is 2.56. The van der Waals surface area contributed by atoms with Gasteiger partial charge in [-0.2, -0.15) is 0 Å². The first-order valence-electron chi connectivity index (χ1n) is 4.09. The smallest absolute Gasteiger partial charge is 0.0826 e. The molecule has 1 saturated heterocycles. The van der Waals surface area contributed by atoms with Gasteiger partial charge in [0.05, 0.1) is 12.2 Å². The van der Waals surface area contributed by atoms with Gasteiger partial charge in [0.1, 0.15) is 0 Å². The summed E-state index contributed by atoms with van der Waals surface area (Å²) in [5, 5.41) is 1.30. The first-order chi connectivity index (χ1) is 5.11. The van der Waals surface area contributed by atoms with Crippen molar-refractivity contribution in [3.8, 4) is 0 Å². The lowest BCUT2D eigenvalue weighted by Crippen LogP contribution is -2.30. The van der Waals surface area contributed by atoms with Gasteiger partial charge < -0.3 is 4.74 Å². The molecule has 0 bridgehead atoms. The molecule has 2 atom stereocenters. The molecule has 1 nitrogen and oxygen atoms in total. The van der Waals surface area contributed by atoms with E-state index in [4.69, 9.17) is 4.74 Å². The van der Waals surface area contributed by atoms with Crippen LogP contribution in [0.5, 0.6) is 0 Å². The Labute approximate surface area is 77.0 Å². The number of rotatable bonds is 2. The zero-order valence-corrected chi connectivity index (χ0v) is 9.17. The lowest BCUT2D eigenvalue weighted by atomic mass is 10.2. The third-order valence-corrected chi connectivity index (χ3v) is 5.12. The molecule has 0 saturated carbocycles. The van der Waals surface area contributed by atoms with Gasteiger partial charge in [-0.1, -0.05) is 21.6 Å². The first-order valence-corrected chi connectivity index (χ1v) is 6.36. The minimum Gasteiger partial charge on any atom is -0.373 e. The van der Waals surface area contributed by atoms with Crippen molar-refractivity contribution in [3.05, 3.63) is 0 Å². The van der Waals surface area contributed by atoms with Crippen LogP contribution in [0, 0.1) is 0 Å². The van der Waals surface area contributed by atoms with Crippen LogP contribution in [0.3, 0.4) is 0 Å². The van der Waals surface area contributed by atoms with Gasteiger partial charge in [-0.3, -0.25) is 0 Å². The maximum absolute atomic E-state index is 5.79. The highest BCUT2D eigenvalue weighted by molar-refractivity contribution is 8.77. The molecule has 0 aromatic heterocycles. The van der Waals surface area contributed by atoms with E-state index < -0.39 is 0 Å². The highest BCUT2D eigenvalue weighted by Crippen LogP contribution is 2.44. The SMILES string of the molecule is CC(C)OC1[C@@H](C)SS[C@@H]1C. The molecule has 11 heavy (non-hydrogen) atoms. The van der Waals surface area contributed by atoms with E-state index in [0.717, 1.165) is 0 Å². The summed E-state index contributed by atoms with van der Waals surface area (Å²) in [4.78, 5) is 0. The maximum Gasteiger partial charge on any atom is 0.0826 e. The van der Waals surface area contributed by atoms with Crippen LogP contribution in [0.25, 0.3) is 0 Å². The summed E-state index contributed by atoms with van der Waals surface area (Å²) in [6, 6.07) is 0. The van der Waals surface area contributed by atoms with E-state index in [1.54, 1.807) is 0 Å². The fraction of sp³-hybridized carbons (Fsp3) is 1.00. The van der Waals surface area contributed by atoms with Gasteiger partial charge >= 0.3 is 0 Å². The van der Waals surface area contributed by atoms with Crippen molar-refractivity contribution in [2.45, 2.75) is 50.4 Å². The van der Waals surface area contributed by atoms with Crippen molar-refractivity contribution in [3.63, 3.8) is 0 Å². The molecule has 0 unspecified atom stereocenters. The Hall–Kier alpha value is 0.660. The summed E-state index contributed by atoms with van der Waals surface area (Å²) in [7, 11) is 3.89. The van der Waals surface area contributed by atoms with Gasteiger partial charge in [0.15, 0.2) is 0 Å². The van der Waals surface area contributed by atoms with Crippen molar-refractivity contribution in [2.75, 3.05) is 0 Å². The van der Waals surface area contributed by atoms with Crippen LogP contribution in [0.1, 0.15) is 27.7 Å². The fourth-order valence-corrected chi connectivity index (χ4v) is 4.18. The predicted octanol–water partition coefficient (Wildman–Crippen LogP) is 2.95. The fourth-order valence-electron chi connectivity index (χ4n) is 1.20. The van der Waals surface area contributed by atoms with Crippen LogP contribution >= 0.6 is 21.6 Å². The molecular formula is C8H16OS2. The van der Waals surface area contributed by atoms with Gasteiger partial charge in [-0.15, -0.1) is 0 Å². The molecule has 1 rings (SSSR count). The van der Waals surface area contributed by atoms with Crippen molar-refractivity contribution >= 4 is 21.6 Å². The van der Waals surface area contributed by atoms with E-state index in [-0.39, 0.29) is 0 Å². The molecule has 0 amide bonds. The Morgan fingerprint density at radius 1 is 1.09 bits per heavy atom. The molecule has 0 aliphatic carbocycles. The van der Waals surface area contributed by atoms with Crippen LogP contribution in [-0.4, -0.2) is 22.7 Å². The second-order valence-electron chi connectivity index (χ2n) is 3.25. The summed E-state index contributed by atoms with van der Waals surface area (Å²) in [5.41, 5.74) is 0. The zero-order chi connectivity index (χ0) is 8.43. The summed E-state index contributed by atoms with van der Waals surface area (Å²) >= 11 is 0. The molecule has 0 radical (unpaired) electrons. The van der Waals surface area contributed by atoms with E-state index in [0.29, 0.717) is 22.7 Å². The first kappa shape index (κ1) is 9.75. The second kappa shape index (κ2) is 4.06. The van der Waals surface area contributed by atoms with Crippen LogP contribution in [-0.2, 0) is 4.74 Å². The van der Waals surface area contributed by atoms with Crippen LogP contribution in [0.15, 0.2) is 0 Å². The summed E-state index contributed by atoms with van der Waals surface area (Å²) in [5.74, 6) is 0. The highest BCUT2D eigenvalue weighted by atomic mass is 33.1. The Morgan fingerprint density at radius 2 is 1.55 bits per heavy atom.